The molecule has 1 rings (SSSR count). The fraction of sp³-hybridized carbons (Fsp3) is 0.786. The Morgan fingerprint density at radius 3 is 2.30 bits per heavy atom. The standard InChI is InChI=1S/C14H24N2O4/c1-5-9(3)10(4)8-16-11(7-12(17)18)13(19)15(6-2)14(16)20/h9-11H,5-8H2,1-4H3,(H,17,18)/t9?,10?,11-/m0/s1. The molecule has 1 heterocycles. The van der Waals surface area contributed by atoms with Gasteiger partial charge in [-0.3, -0.25) is 14.5 Å². The van der Waals surface area contributed by atoms with E-state index in [0.29, 0.717) is 12.5 Å². The summed E-state index contributed by atoms with van der Waals surface area (Å²) in [4.78, 5) is 37.8. The van der Waals surface area contributed by atoms with Gasteiger partial charge in [-0.05, 0) is 18.8 Å². The summed E-state index contributed by atoms with van der Waals surface area (Å²) >= 11 is 0. The Kier molecular flexibility index (Phi) is 5.53. The van der Waals surface area contributed by atoms with Crippen molar-refractivity contribution in [2.45, 2.75) is 46.6 Å². The fourth-order valence-corrected chi connectivity index (χ4v) is 2.45. The Labute approximate surface area is 119 Å². The zero-order chi connectivity index (χ0) is 15.4. The summed E-state index contributed by atoms with van der Waals surface area (Å²) in [6.07, 6.45) is 0.659. The molecule has 114 valence electrons. The molecular formula is C14H24N2O4. The second-order valence-electron chi connectivity index (χ2n) is 5.49. The molecule has 3 amide bonds. The lowest BCUT2D eigenvalue weighted by atomic mass is 9.93. The zero-order valence-corrected chi connectivity index (χ0v) is 12.6. The third kappa shape index (κ3) is 3.29. The van der Waals surface area contributed by atoms with Gasteiger partial charge in [0, 0.05) is 13.1 Å². The lowest BCUT2D eigenvalue weighted by Gasteiger charge is -2.27. The molecule has 0 aliphatic carbocycles. The quantitative estimate of drug-likeness (QED) is 0.723. The van der Waals surface area contributed by atoms with Crippen LogP contribution in [0.2, 0.25) is 0 Å². The van der Waals surface area contributed by atoms with Gasteiger partial charge in [0.05, 0.1) is 6.42 Å². The third-order valence-corrected chi connectivity index (χ3v) is 4.19. The molecule has 1 saturated heterocycles. The minimum absolute atomic E-state index is 0.227. The molecule has 0 bridgehead atoms. The first kappa shape index (κ1) is 16.5. The molecule has 6 heteroatoms. The predicted molar refractivity (Wildman–Crippen MR) is 74.1 cm³/mol. The number of carboxylic acids is 1. The molecule has 6 nitrogen and oxygen atoms in total. The number of carboxylic acid groups (broad SMARTS) is 1. The number of aliphatic carboxylic acids is 1. The van der Waals surface area contributed by atoms with Crippen molar-refractivity contribution in [1.82, 2.24) is 9.80 Å². The number of hydrogen-bond donors (Lipinski definition) is 1. The van der Waals surface area contributed by atoms with Crippen molar-refractivity contribution >= 4 is 17.9 Å². The van der Waals surface area contributed by atoms with Gasteiger partial charge >= 0.3 is 12.0 Å². The van der Waals surface area contributed by atoms with Gasteiger partial charge in [-0.15, -0.1) is 0 Å². The van der Waals surface area contributed by atoms with Gasteiger partial charge in [-0.2, -0.15) is 0 Å². The summed E-state index contributed by atoms with van der Waals surface area (Å²) in [5.41, 5.74) is 0. The van der Waals surface area contributed by atoms with E-state index < -0.39 is 17.9 Å². The second kappa shape index (κ2) is 6.72. The monoisotopic (exact) mass is 284 g/mol. The molecule has 1 aliphatic heterocycles. The van der Waals surface area contributed by atoms with Crippen LogP contribution in [-0.4, -0.2) is 51.9 Å². The van der Waals surface area contributed by atoms with Crippen LogP contribution >= 0.6 is 0 Å². The minimum atomic E-state index is -1.06. The number of rotatable bonds is 7. The van der Waals surface area contributed by atoms with Gasteiger partial charge in [-0.25, -0.2) is 4.79 Å². The van der Waals surface area contributed by atoms with E-state index in [2.05, 4.69) is 13.8 Å². The Morgan fingerprint density at radius 2 is 1.85 bits per heavy atom. The van der Waals surface area contributed by atoms with E-state index in [4.69, 9.17) is 5.11 Å². The Hall–Kier alpha value is -1.59. The SMILES string of the molecule is CCC(C)C(C)CN1C(=O)N(CC)C(=O)[C@@H]1CC(=O)O. The van der Waals surface area contributed by atoms with Crippen LogP contribution in [0.1, 0.15) is 40.5 Å². The summed E-state index contributed by atoms with van der Waals surface area (Å²) in [5, 5.41) is 8.94. The van der Waals surface area contributed by atoms with Gasteiger partial charge in [-0.1, -0.05) is 27.2 Å². The summed E-state index contributed by atoms with van der Waals surface area (Å²) < 4.78 is 0. The van der Waals surface area contributed by atoms with Crippen molar-refractivity contribution in [3.63, 3.8) is 0 Å². The van der Waals surface area contributed by atoms with E-state index in [-0.39, 0.29) is 24.9 Å². The summed E-state index contributed by atoms with van der Waals surface area (Å²) in [7, 11) is 0. The average Bonchev–Trinajstić information content (AvgIpc) is 2.61. The highest BCUT2D eigenvalue weighted by Gasteiger charge is 2.45. The molecule has 1 N–H and O–H groups in total. The number of carbonyl (C=O) groups is 3. The van der Waals surface area contributed by atoms with Crippen molar-refractivity contribution in [1.29, 1.82) is 0 Å². The van der Waals surface area contributed by atoms with Gasteiger partial charge in [0.25, 0.3) is 5.91 Å². The Bertz CT molecular complexity index is 397. The van der Waals surface area contributed by atoms with Crippen molar-refractivity contribution in [2.75, 3.05) is 13.1 Å². The molecule has 0 aromatic carbocycles. The van der Waals surface area contributed by atoms with Gasteiger partial charge in [0.1, 0.15) is 6.04 Å². The van der Waals surface area contributed by atoms with Crippen molar-refractivity contribution < 1.29 is 19.5 Å². The van der Waals surface area contributed by atoms with E-state index in [1.807, 2.05) is 6.92 Å². The van der Waals surface area contributed by atoms with Crippen LogP contribution in [-0.2, 0) is 9.59 Å². The molecule has 0 radical (unpaired) electrons. The minimum Gasteiger partial charge on any atom is -0.481 e. The second-order valence-corrected chi connectivity index (χ2v) is 5.49. The van der Waals surface area contributed by atoms with Crippen LogP contribution < -0.4 is 0 Å². The number of amides is 3. The van der Waals surface area contributed by atoms with Crippen molar-refractivity contribution in [2.24, 2.45) is 11.8 Å². The molecule has 0 saturated carbocycles. The smallest absolute Gasteiger partial charge is 0.327 e. The Morgan fingerprint density at radius 1 is 1.25 bits per heavy atom. The lowest BCUT2D eigenvalue weighted by molar-refractivity contribution is -0.141. The number of carbonyl (C=O) groups excluding carboxylic acids is 2. The van der Waals surface area contributed by atoms with Crippen molar-refractivity contribution in [3.8, 4) is 0 Å². The van der Waals surface area contributed by atoms with Gasteiger partial charge in [0.2, 0.25) is 0 Å². The molecule has 2 unspecified atom stereocenters. The highest BCUT2D eigenvalue weighted by Crippen LogP contribution is 2.24. The molecule has 1 fully saturated rings. The van der Waals surface area contributed by atoms with E-state index in [0.717, 1.165) is 11.3 Å². The Balaban J connectivity index is 2.90. The van der Waals surface area contributed by atoms with Crippen LogP contribution in [0, 0.1) is 11.8 Å². The third-order valence-electron chi connectivity index (χ3n) is 4.19. The maximum absolute atomic E-state index is 12.2. The molecule has 1 aliphatic rings. The molecule has 0 aromatic heterocycles. The zero-order valence-electron chi connectivity index (χ0n) is 12.6. The maximum atomic E-state index is 12.2. The highest BCUT2D eigenvalue weighted by molar-refractivity contribution is 6.05. The first-order valence-corrected chi connectivity index (χ1v) is 7.17. The number of nitrogens with zero attached hydrogens (tertiary/aromatic N) is 2. The fourth-order valence-electron chi connectivity index (χ4n) is 2.45. The van der Waals surface area contributed by atoms with Crippen LogP contribution in [0.15, 0.2) is 0 Å². The maximum Gasteiger partial charge on any atom is 0.327 e. The molecule has 0 spiro atoms. The molecule has 20 heavy (non-hydrogen) atoms. The number of imide groups is 1. The van der Waals surface area contributed by atoms with Gasteiger partial charge in [0.15, 0.2) is 0 Å². The van der Waals surface area contributed by atoms with Crippen molar-refractivity contribution in [3.05, 3.63) is 0 Å². The summed E-state index contributed by atoms with van der Waals surface area (Å²) in [6.45, 7) is 8.62. The highest BCUT2D eigenvalue weighted by atomic mass is 16.4. The van der Waals surface area contributed by atoms with E-state index in [1.54, 1.807) is 6.92 Å². The van der Waals surface area contributed by atoms with Crippen LogP contribution in [0.25, 0.3) is 0 Å². The van der Waals surface area contributed by atoms with E-state index in [1.165, 1.54) is 4.90 Å². The predicted octanol–water partition coefficient (Wildman–Crippen LogP) is 1.80. The number of hydrogen-bond acceptors (Lipinski definition) is 3. The summed E-state index contributed by atoms with van der Waals surface area (Å²) in [5.74, 6) is -0.810. The first-order chi connectivity index (χ1) is 9.33. The number of likely N-dealkylation sites (N-methyl/N-ethyl adjacent to an activating group) is 1. The topological polar surface area (TPSA) is 77.9 Å². The van der Waals surface area contributed by atoms with E-state index >= 15 is 0 Å². The summed E-state index contributed by atoms with van der Waals surface area (Å²) in [6, 6.07) is -1.22. The van der Waals surface area contributed by atoms with E-state index in [9.17, 15) is 14.4 Å². The molecule has 3 atom stereocenters. The van der Waals surface area contributed by atoms with Gasteiger partial charge < -0.3 is 10.0 Å². The van der Waals surface area contributed by atoms with Crippen LogP contribution in [0.3, 0.4) is 0 Å². The normalized spacial score (nSPS) is 22.3. The molecule has 0 aromatic rings. The van der Waals surface area contributed by atoms with Crippen LogP contribution in [0.4, 0.5) is 4.79 Å². The lowest BCUT2D eigenvalue weighted by Crippen LogP contribution is -2.40. The average molecular weight is 284 g/mol. The largest absolute Gasteiger partial charge is 0.481 e. The first-order valence-electron chi connectivity index (χ1n) is 7.17. The number of urea groups is 1. The van der Waals surface area contributed by atoms with Crippen LogP contribution in [0.5, 0.6) is 0 Å². The molecular weight excluding hydrogens is 260 g/mol.